The molecular weight excluding hydrogens is 372 g/mol. The molecule has 0 spiro atoms. The van der Waals surface area contributed by atoms with E-state index in [1.807, 2.05) is 60.3 Å². The highest BCUT2D eigenvalue weighted by Gasteiger charge is 2.43. The van der Waals surface area contributed by atoms with Gasteiger partial charge in [0.05, 0.1) is 35.4 Å². The summed E-state index contributed by atoms with van der Waals surface area (Å²) in [5, 5.41) is 15.9. The SMILES string of the molecule is Cn1cncc1[C@@]1(c2c(C#N)cccc2Oc2ccc3ccccc3c2)CCCN1. The summed E-state index contributed by atoms with van der Waals surface area (Å²) in [7, 11) is 1.99. The predicted octanol–water partition coefficient (Wildman–Crippen LogP) is 4.86. The van der Waals surface area contributed by atoms with Crippen LogP contribution in [0.25, 0.3) is 10.8 Å². The Bertz CT molecular complexity index is 1260. The molecule has 1 N–H and O–H groups in total. The summed E-state index contributed by atoms with van der Waals surface area (Å²) < 4.78 is 8.43. The van der Waals surface area contributed by atoms with Gasteiger partial charge in [0.2, 0.25) is 0 Å². The van der Waals surface area contributed by atoms with E-state index in [1.165, 1.54) is 5.39 Å². The second-order valence-corrected chi connectivity index (χ2v) is 7.73. The number of aromatic nitrogens is 2. The molecule has 5 rings (SSSR count). The molecule has 1 aromatic heterocycles. The minimum absolute atomic E-state index is 0.510. The number of rotatable bonds is 4. The molecule has 5 heteroatoms. The molecule has 0 aliphatic carbocycles. The molecule has 0 radical (unpaired) electrons. The number of benzene rings is 3. The van der Waals surface area contributed by atoms with Crippen molar-refractivity contribution < 1.29 is 4.74 Å². The zero-order chi connectivity index (χ0) is 20.6. The van der Waals surface area contributed by atoms with Gasteiger partial charge >= 0.3 is 0 Å². The molecule has 30 heavy (non-hydrogen) atoms. The summed E-state index contributed by atoms with van der Waals surface area (Å²) in [6.07, 6.45) is 5.57. The van der Waals surface area contributed by atoms with Crippen LogP contribution in [0, 0.1) is 11.3 Å². The Morgan fingerprint density at radius 1 is 1.10 bits per heavy atom. The lowest BCUT2D eigenvalue weighted by Crippen LogP contribution is -2.40. The number of fused-ring (bicyclic) bond motifs is 1. The minimum atomic E-state index is -0.510. The van der Waals surface area contributed by atoms with Gasteiger partial charge in [-0.05, 0) is 54.4 Å². The molecule has 4 aromatic rings. The lowest BCUT2D eigenvalue weighted by molar-refractivity contribution is 0.408. The Morgan fingerprint density at radius 3 is 2.70 bits per heavy atom. The number of hydrogen-bond acceptors (Lipinski definition) is 4. The molecule has 0 saturated carbocycles. The van der Waals surface area contributed by atoms with Crippen LogP contribution < -0.4 is 10.1 Å². The van der Waals surface area contributed by atoms with Gasteiger partial charge in [-0.25, -0.2) is 4.98 Å². The van der Waals surface area contributed by atoms with Gasteiger partial charge in [0.1, 0.15) is 11.5 Å². The number of nitrogens with zero attached hydrogens (tertiary/aromatic N) is 3. The van der Waals surface area contributed by atoms with Crippen molar-refractivity contribution in [2.24, 2.45) is 7.05 Å². The van der Waals surface area contributed by atoms with Crippen molar-refractivity contribution in [1.82, 2.24) is 14.9 Å². The van der Waals surface area contributed by atoms with Gasteiger partial charge in [0, 0.05) is 12.6 Å². The first kappa shape index (κ1) is 18.4. The van der Waals surface area contributed by atoms with Crippen LogP contribution >= 0.6 is 0 Å². The maximum atomic E-state index is 9.94. The fraction of sp³-hybridized carbons (Fsp3) is 0.200. The minimum Gasteiger partial charge on any atom is -0.457 e. The summed E-state index contributed by atoms with van der Waals surface area (Å²) in [5.41, 5.74) is 2.01. The van der Waals surface area contributed by atoms with E-state index in [0.29, 0.717) is 11.3 Å². The van der Waals surface area contributed by atoms with Gasteiger partial charge in [0.15, 0.2) is 0 Å². The second-order valence-electron chi connectivity index (χ2n) is 7.73. The van der Waals surface area contributed by atoms with Gasteiger partial charge in [-0.1, -0.05) is 36.4 Å². The number of hydrogen-bond donors (Lipinski definition) is 1. The number of ether oxygens (including phenoxy) is 1. The normalized spacial score (nSPS) is 18.4. The van der Waals surface area contributed by atoms with Gasteiger partial charge in [-0.2, -0.15) is 5.26 Å². The molecule has 3 aromatic carbocycles. The van der Waals surface area contributed by atoms with Crippen molar-refractivity contribution in [3.05, 3.63) is 90.0 Å². The average molecular weight is 394 g/mol. The van der Waals surface area contributed by atoms with Crippen molar-refractivity contribution in [1.29, 1.82) is 5.26 Å². The van der Waals surface area contributed by atoms with E-state index in [0.717, 1.165) is 41.8 Å². The topological polar surface area (TPSA) is 62.9 Å². The summed E-state index contributed by atoms with van der Waals surface area (Å²) in [4.78, 5) is 4.34. The molecule has 2 heterocycles. The number of nitriles is 1. The molecule has 1 fully saturated rings. The summed E-state index contributed by atoms with van der Waals surface area (Å²) in [6, 6.07) is 22.4. The maximum Gasteiger partial charge on any atom is 0.134 e. The third-order valence-corrected chi connectivity index (χ3v) is 5.93. The molecule has 148 valence electrons. The molecule has 1 saturated heterocycles. The van der Waals surface area contributed by atoms with Crippen molar-refractivity contribution in [2.45, 2.75) is 18.4 Å². The van der Waals surface area contributed by atoms with E-state index in [1.54, 1.807) is 6.33 Å². The van der Waals surface area contributed by atoms with Crippen molar-refractivity contribution >= 4 is 10.8 Å². The summed E-state index contributed by atoms with van der Waals surface area (Å²) in [6.45, 7) is 0.875. The molecular formula is C25H22N4O. The van der Waals surface area contributed by atoms with Gasteiger partial charge < -0.3 is 14.6 Å². The lowest BCUT2D eigenvalue weighted by atomic mass is 9.82. The molecule has 1 atom stereocenters. The lowest BCUT2D eigenvalue weighted by Gasteiger charge is -2.32. The van der Waals surface area contributed by atoms with Crippen LogP contribution in [0.15, 0.2) is 73.2 Å². The maximum absolute atomic E-state index is 9.94. The molecule has 5 nitrogen and oxygen atoms in total. The van der Waals surface area contributed by atoms with E-state index in [2.05, 4.69) is 34.6 Å². The first-order chi connectivity index (χ1) is 14.7. The van der Waals surface area contributed by atoms with Crippen molar-refractivity contribution in [3.8, 4) is 17.6 Å². The molecule has 1 aliphatic heterocycles. The Labute approximate surface area is 175 Å². The Balaban J connectivity index is 1.67. The standard InChI is InChI=1S/C25H22N4O/c1-29-17-27-16-23(29)25(12-5-13-28-25)24-20(15-26)8-4-9-22(24)30-21-11-10-18-6-2-3-7-19(18)14-21/h2-4,6-11,14,16-17,28H,5,12-13H2,1H3/t25-/m1/s1. The van der Waals surface area contributed by atoms with Crippen LogP contribution in [0.3, 0.4) is 0 Å². The largest absolute Gasteiger partial charge is 0.457 e. The fourth-order valence-electron chi connectivity index (χ4n) is 4.58. The van der Waals surface area contributed by atoms with Crippen LogP contribution in [0.4, 0.5) is 0 Å². The van der Waals surface area contributed by atoms with E-state index in [9.17, 15) is 5.26 Å². The fourth-order valence-corrected chi connectivity index (χ4v) is 4.58. The third-order valence-electron chi connectivity index (χ3n) is 5.93. The highest BCUT2D eigenvalue weighted by Crippen LogP contribution is 2.44. The Morgan fingerprint density at radius 2 is 1.97 bits per heavy atom. The third kappa shape index (κ3) is 2.94. The van der Waals surface area contributed by atoms with Gasteiger partial charge in [-0.3, -0.25) is 0 Å². The van der Waals surface area contributed by atoms with E-state index < -0.39 is 5.54 Å². The zero-order valence-electron chi connectivity index (χ0n) is 16.8. The van der Waals surface area contributed by atoms with Gasteiger partial charge in [0.25, 0.3) is 0 Å². The van der Waals surface area contributed by atoms with E-state index in [-0.39, 0.29) is 0 Å². The smallest absolute Gasteiger partial charge is 0.134 e. The monoisotopic (exact) mass is 394 g/mol. The molecule has 1 aliphatic rings. The van der Waals surface area contributed by atoms with Crippen molar-refractivity contribution in [3.63, 3.8) is 0 Å². The van der Waals surface area contributed by atoms with Crippen LogP contribution in [0.5, 0.6) is 11.5 Å². The van der Waals surface area contributed by atoms with E-state index >= 15 is 0 Å². The molecule has 0 bridgehead atoms. The summed E-state index contributed by atoms with van der Waals surface area (Å²) >= 11 is 0. The molecule has 0 amide bonds. The predicted molar refractivity (Wildman–Crippen MR) is 116 cm³/mol. The number of aryl methyl sites for hydroxylation is 1. The summed E-state index contributed by atoms with van der Waals surface area (Å²) in [5.74, 6) is 1.45. The number of nitrogens with one attached hydrogen (secondary N) is 1. The Kier molecular flexibility index (Phi) is 4.50. The van der Waals surface area contributed by atoms with E-state index in [4.69, 9.17) is 4.74 Å². The highest BCUT2D eigenvalue weighted by atomic mass is 16.5. The average Bonchev–Trinajstić information content (AvgIpc) is 3.43. The molecule has 0 unspecified atom stereocenters. The van der Waals surface area contributed by atoms with Crippen LogP contribution in [-0.4, -0.2) is 16.1 Å². The zero-order valence-corrected chi connectivity index (χ0v) is 16.8. The van der Waals surface area contributed by atoms with Crippen molar-refractivity contribution in [2.75, 3.05) is 6.54 Å². The second kappa shape index (κ2) is 7.33. The first-order valence-corrected chi connectivity index (χ1v) is 10.1. The quantitative estimate of drug-likeness (QED) is 0.537. The Hall–Kier alpha value is -3.62. The van der Waals surface area contributed by atoms with Gasteiger partial charge in [-0.15, -0.1) is 0 Å². The number of imidazole rings is 1. The van der Waals surface area contributed by atoms with Crippen LogP contribution in [-0.2, 0) is 12.6 Å². The first-order valence-electron chi connectivity index (χ1n) is 10.1. The van der Waals surface area contributed by atoms with Crippen LogP contribution in [0.2, 0.25) is 0 Å². The van der Waals surface area contributed by atoms with Crippen LogP contribution in [0.1, 0.15) is 29.7 Å². The highest BCUT2D eigenvalue weighted by molar-refractivity contribution is 5.83.